The lowest BCUT2D eigenvalue weighted by Crippen LogP contribution is -2.29. The lowest BCUT2D eigenvalue weighted by Gasteiger charge is -2.12. The molecule has 3 atom stereocenters. The van der Waals surface area contributed by atoms with Gasteiger partial charge in [0.2, 0.25) is 0 Å². The Morgan fingerprint density at radius 2 is 2.23 bits per heavy atom. The highest BCUT2D eigenvalue weighted by atomic mass is 19.3. The molecule has 1 amide bonds. The van der Waals surface area contributed by atoms with E-state index >= 15 is 0 Å². The second kappa shape index (κ2) is 7.92. The molecular formula is C16H19F3N4O3. The van der Waals surface area contributed by atoms with E-state index in [1.165, 1.54) is 12.1 Å². The van der Waals surface area contributed by atoms with Gasteiger partial charge in [0.1, 0.15) is 11.9 Å². The minimum absolute atomic E-state index is 0.228. The second-order valence-electron chi connectivity index (χ2n) is 6.14. The van der Waals surface area contributed by atoms with Crippen LogP contribution in [0.3, 0.4) is 0 Å². The molecule has 1 aromatic carbocycles. The van der Waals surface area contributed by atoms with Crippen molar-refractivity contribution in [3.05, 3.63) is 29.6 Å². The summed E-state index contributed by atoms with van der Waals surface area (Å²) in [5, 5.41) is 2.72. The van der Waals surface area contributed by atoms with Crippen LogP contribution in [-0.4, -0.2) is 37.2 Å². The van der Waals surface area contributed by atoms with Gasteiger partial charge >= 0.3 is 12.6 Å². The SMILES string of the molecule is N/C(=N/C(F)F)ON[C@@H]1C[C@@H]1c1cc(NC(=O)[C@H]2CCCO2)ccc1F. The Balaban J connectivity index is 1.57. The number of carbonyl (C=O) groups is 1. The molecule has 1 saturated carbocycles. The van der Waals surface area contributed by atoms with Crippen molar-refractivity contribution in [2.45, 2.75) is 43.9 Å². The van der Waals surface area contributed by atoms with Crippen LogP contribution < -0.4 is 16.5 Å². The molecule has 2 aliphatic rings. The van der Waals surface area contributed by atoms with Gasteiger partial charge in [-0.3, -0.25) is 4.79 Å². The highest BCUT2D eigenvalue weighted by molar-refractivity contribution is 5.94. The van der Waals surface area contributed by atoms with Crippen LogP contribution in [-0.2, 0) is 14.4 Å². The van der Waals surface area contributed by atoms with Crippen LogP contribution in [0.1, 0.15) is 30.7 Å². The summed E-state index contributed by atoms with van der Waals surface area (Å²) in [7, 11) is 0. The van der Waals surface area contributed by atoms with Crippen LogP contribution in [0.5, 0.6) is 0 Å². The van der Waals surface area contributed by atoms with Gasteiger partial charge in [0.15, 0.2) is 0 Å². The van der Waals surface area contributed by atoms with Crippen molar-refractivity contribution in [2.75, 3.05) is 11.9 Å². The van der Waals surface area contributed by atoms with Crippen molar-refractivity contribution in [3.8, 4) is 0 Å². The molecule has 26 heavy (non-hydrogen) atoms. The molecule has 0 bridgehead atoms. The van der Waals surface area contributed by atoms with Gasteiger partial charge in [0.05, 0.1) is 6.04 Å². The lowest BCUT2D eigenvalue weighted by molar-refractivity contribution is -0.124. The van der Waals surface area contributed by atoms with Gasteiger partial charge in [-0.25, -0.2) is 4.39 Å². The molecule has 1 saturated heterocycles. The molecule has 1 aliphatic carbocycles. The number of anilines is 1. The first-order valence-electron chi connectivity index (χ1n) is 8.19. The van der Waals surface area contributed by atoms with E-state index in [2.05, 4.69) is 15.8 Å². The molecule has 142 valence electrons. The van der Waals surface area contributed by atoms with Crippen molar-refractivity contribution in [2.24, 2.45) is 10.7 Å². The third-order valence-corrected chi connectivity index (χ3v) is 4.22. The summed E-state index contributed by atoms with van der Waals surface area (Å²) in [6.45, 7) is -2.41. The van der Waals surface area contributed by atoms with Crippen LogP contribution >= 0.6 is 0 Å². The number of amidine groups is 1. The van der Waals surface area contributed by atoms with Crippen LogP contribution in [0, 0.1) is 5.82 Å². The van der Waals surface area contributed by atoms with Crippen molar-refractivity contribution in [1.29, 1.82) is 0 Å². The summed E-state index contributed by atoms with van der Waals surface area (Å²) in [6.07, 6.45) is 1.54. The molecule has 0 aromatic heterocycles. The van der Waals surface area contributed by atoms with Crippen LogP contribution in [0.2, 0.25) is 0 Å². The Labute approximate surface area is 147 Å². The van der Waals surface area contributed by atoms with Gasteiger partial charge in [-0.2, -0.15) is 13.8 Å². The first kappa shape index (κ1) is 18.5. The highest BCUT2D eigenvalue weighted by Crippen LogP contribution is 2.42. The standard InChI is InChI=1S/C16H19F3N4O3/c17-11-4-3-8(21-14(24)13-2-1-5-25-13)6-9(11)10-7-12(10)23-26-16(20)22-15(18)19/h3-4,6,10,12-13,15,23H,1-2,5,7H2,(H2,20,22)(H,21,24)/t10-,12-,13-/m1/s1. The largest absolute Gasteiger partial charge is 0.371 e. The summed E-state index contributed by atoms with van der Waals surface area (Å²) in [6, 6.07) is 3.30. The number of benzene rings is 1. The van der Waals surface area contributed by atoms with E-state index in [1.54, 1.807) is 6.07 Å². The number of hydrogen-bond donors (Lipinski definition) is 3. The molecule has 1 heterocycles. The lowest BCUT2D eigenvalue weighted by atomic mass is 10.1. The van der Waals surface area contributed by atoms with Crippen molar-refractivity contribution >= 4 is 17.6 Å². The zero-order chi connectivity index (χ0) is 18.7. The van der Waals surface area contributed by atoms with Gasteiger partial charge in [0, 0.05) is 18.2 Å². The number of ether oxygens (including phenoxy) is 1. The Hall–Kier alpha value is -2.33. The van der Waals surface area contributed by atoms with Crippen LogP contribution in [0.4, 0.5) is 18.9 Å². The number of nitrogens with two attached hydrogens (primary N) is 1. The minimum Gasteiger partial charge on any atom is -0.371 e. The molecule has 7 nitrogen and oxygen atoms in total. The normalized spacial score (nSPS) is 25.4. The van der Waals surface area contributed by atoms with Crippen LogP contribution in [0.15, 0.2) is 23.2 Å². The predicted molar refractivity (Wildman–Crippen MR) is 87.0 cm³/mol. The molecular weight excluding hydrogens is 353 g/mol. The van der Waals surface area contributed by atoms with Gasteiger partial charge in [-0.05, 0) is 43.0 Å². The molecule has 1 aliphatic heterocycles. The first-order chi connectivity index (χ1) is 12.4. The summed E-state index contributed by atoms with van der Waals surface area (Å²) >= 11 is 0. The Morgan fingerprint density at radius 3 is 2.92 bits per heavy atom. The zero-order valence-electron chi connectivity index (χ0n) is 13.8. The number of carbonyl (C=O) groups excluding carboxylic acids is 1. The number of amides is 1. The fourth-order valence-corrected chi connectivity index (χ4v) is 2.84. The number of nitrogens with one attached hydrogen (secondary N) is 2. The maximum atomic E-state index is 14.1. The van der Waals surface area contributed by atoms with Gasteiger partial charge < -0.3 is 20.6 Å². The average molecular weight is 372 g/mol. The molecule has 0 unspecified atom stereocenters. The minimum atomic E-state index is -2.96. The Bertz CT molecular complexity index is 695. The molecule has 10 heteroatoms. The topological polar surface area (TPSA) is 98.0 Å². The van der Waals surface area contributed by atoms with Crippen LogP contribution in [0.25, 0.3) is 0 Å². The van der Waals surface area contributed by atoms with E-state index in [1.807, 2.05) is 0 Å². The van der Waals surface area contributed by atoms with Crippen molar-refractivity contribution in [1.82, 2.24) is 5.48 Å². The fourth-order valence-electron chi connectivity index (χ4n) is 2.84. The molecule has 3 rings (SSSR count). The highest BCUT2D eigenvalue weighted by Gasteiger charge is 2.41. The van der Waals surface area contributed by atoms with E-state index in [4.69, 9.17) is 15.3 Å². The van der Waals surface area contributed by atoms with E-state index < -0.39 is 24.5 Å². The van der Waals surface area contributed by atoms with Gasteiger partial charge in [0.25, 0.3) is 5.91 Å². The summed E-state index contributed by atoms with van der Waals surface area (Å²) in [5.74, 6) is -0.914. The molecule has 1 aromatic rings. The van der Waals surface area contributed by atoms with E-state index in [-0.39, 0.29) is 17.9 Å². The number of rotatable bonds is 6. The van der Waals surface area contributed by atoms with Gasteiger partial charge in [-0.15, -0.1) is 5.48 Å². The van der Waals surface area contributed by atoms with E-state index in [0.29, 0.717) is 30.7 Å². The third kappa shape index (κ3) is 4.64. The monoisotopic (exact) mass is 372 g/mol. The second-order valence-corrected chi connectivity index (χ2v) is 6.14. The molecule has 0 spiro atoms. The molecule has 2 fully saturated rings. The summed E-state index contributed by atoms with van der Waals surface area (Å²) < 4.78 is 43.4. The number of alkyl halides is 2. The van der Waals surface area contributed by atoms with E-state index in [0.717, 1.165) is 6.42 Å². The van der Waals surface area contributed by atoms with Crippen molar-refractivity contribution in [3.63, 3.8) is 0 Å². The van der Waals surface area contributed by atoms with Gasteiger partial charge in [-0.1, -0.05) is 0 Å². The first-order valence-corrected chi connectivity index (χ1v) is 8.19. The number of hydroxylamine groups is 1. The number of aliphatic imine (C=N–C) groups is 1. The number of hydrogen-bond acceptors (Lipinski definition) is 5. The Kier molecular flexibility index (Phi) is 5.62. The zero-order valence-corrected chi connectivity index (χ0v) is 13.8. The maximum absolute atomic E-state index is 14.1. The number of halogens is 3. The third-order valence-electron chi connectivity index (χ3n) is 4.22. The molecule has 4 N–H and O–H groups in total. The predicted octanol–water partition coefficient (Wildman–Crippen LogP) is 1.86. The summed E-state index contributed by atoms with van der Waals surface area (Å²) in [5.41, 5.74) is 8.49. The van der Waals surface area contributed by atoms with E-state index in [9.17, 15) is 18.0 Å². The quantitative estimate of drug-likeness (QED) is 0.306. The fraction of sp³-hybridized carbons (Fsp3) is 0.500. The average Bonchev–Trinajstić information content (AvgIpc) is 3.13. The summed E-state index contributed by atoms with van der Waals surface area (Å²) in [4.78, 5) is 19.5. The number of nitrogens with zero attached hydrogens (tertiary/aromatic N) is 1. The maximum Gasteiger partial charge on any atom is 0.336 e. The Morgan fingerprint density at radius 1 is 1.42 bits per heavy atom. The smallest absolute Gasteiger partial charge is 0.336 e. The van der Waals surface area contributed by atoms with Crippen molar-refractivity contribution < 1.29 is 27.5 Å². The molecule has 0 radical (unpaired) electrons.